The molecule has 1 heteroatoms. The van der Waals surface area contributed by atoms with Crippen LogP contribution in [0, 0.1) is 0 Å². The SMILES string of the molecule is CCCCCCc1cccc(Nc2ccc(CCCCCC)cc2CCCCCC)c1. The van der Waals surface area contributed by atoms with Crippen molar-refractivity contribution in [3.8, 4) is 0 Å². The number of hydrogen-bond donors (Lipinski definition) is 1. The second-order valence-electron chi connectivity index (χ2n) is 9.25. The molecule has 31 heavy (non-hydrogen) atoms. The molecule has 0 aliphatic rings. The maximum absolute atomic E-state index is 3.76. The molecular weight excluding hydrogens is 374 g/mol. The molecule has 0 aliphatic heterocycles. The Hall–Kier alpha value is -1.76. The Morgan fingerprint density at radius 1 is 0.548 bits per heavy atom. The molecule has 0 amide bonds. The Balaban J connectivity index is 2.04. The van der Waals surface area contributed by atoms with Crippen molar-refractivity contribution in [1.82, 2.24) is 0 Å². The van der Waals surface area contributed by atoms with Gasteiger partial charge in [-0.05, 0) is 73.4 Å². The Labute approximate surface area is 193 Å². The molecule has 2 aromatic carbocycles. The minimum atomic E-state index is 1.18. The van der Waals surface area contributed by atoms with Crippen molar-refractivity contribution in [2.24, 2.45) is 0 Å². The number of anilines is 2. The van der Waals surface area contributed by atoms with E-state index in [1.165, 1.54) is 124 Å². The lowest BCUT2D eigenvalue weighted by Gasteiger charge is -2.15. The third-order valence-corrected chi connectivity index (χ3v) is 6.31. The van der Waals surface area contributed by atoms with Gasteiger partial charge in [-0.15, -0.1) is 0 Å². The van der Waals surface area contributed by atoms with Crippen LogP contribution in [0.3, 0.4) is 0 Å². The predicted octanol–water partition coefficient (Wildman–Crippen LogP) is 9.80. The summed E-state index contributed by atoms with van der Waals surface area (Å²) in [6.07, 6.45) is 19.5. The van der Waals surface area contributed by atoms with Gasteiger partial charge in [0.25, 0.3) is 0 Å². The van der Waals surface area contributed by atoms with Gasteiger partial charge in [-0.1, -0.05) is 103 Å². The normalized spacial score (nSPS) is 11.1. The Morgan fingerprint density at radius 3 is 1.74 bits per heavy atom. The van der Waals surface area contributed by atoms with Gasteiger partial charge in [0.15, 0.2) is 0 Å². The first kappa shape index (κ1) is 25.5. The molecule has 1 N–H and O–H groups in total. The smallest absolute Gasteiger partial charge is 0.0416 e. The zero-order chi connectivity index (χ0) is 22.2. The van der Waals surface area contributed by atoms with Gasteiger partial charge in [-0.25, -0.2) is 0 Å². The average Bonchev–Trinajstić information content (AvgIpc) is 2.79. The first-order valence-corrected chi connectivity index (χ1v) is 13.2. The van der Waals surface area contributed by atoms with Crippen LogP contribution in [0.1, 0.15) is 115 Å². The molecule has 0 aromatic heterocycles. The van der Waals surface area contributed by atoms with E-state index < -0.39 is 0 Å². The number of hydrogen-bond acceptors (Lipinski definition) is 1. The van der Waals surface area contributed by atoms with E-state index in [4.69, 9.17) is 0 Å². The van der Waals surface area contributed by atoms with Crippen molar-refractivity contribution in [3.05, 3.63) is 59.2 Å². The summed E-state index contributed by atoms with van der Waals surface area (Å²) >= 11 is 0. The lowest BCUT2D eigenvalue weighted by molar-refractivity contribution is 0.661. The van der Waals surface area contributed by atoms with Crippen LogP contribution in [0.2, 0.25) is 0 Å². The highest BCUT2D eigenvalue weighted by atomic mass is 14.9. The van der Waals surface area contributed by atoms with E-state index in [1.807, 2.05) is 0 Å². The molecule has 0 saturated heterocycles. The molecule has 2 aromatic rings. The van der Waals surface area contributed by atoms with Gasteiger partial charge in [-0.3, -0.25) is 0 Å². The molecular formula is C30H47N. The molecule has 0 unspecified atom stereocenters. The van der Waals surface area contributed by atoms with Gasteiger partial charge >= 0.3 is 0 Å². The van der Waals surface area contributed by atoms with Crippen LogP contribution < -0.4 is 5.32 Å². The lowest BCUT2D eigenvalue weighted by Crippen LogP contribution is -1.99. The van der Waals surface area contributed by atoms with Crippen molar-refractivity contribution in [3.63, 3.8) is 0 Å². The summed E-state index contributed by atoms with van der Waals surface area (Å²) in [5.41, 5.74) is 7.00. The zero-order valence-corrected chi connectivity index (χ0v) is 20.6. The highest BCUT2D eigenvalue weighted by Gasteiger charge is 2.06. The van der Waals surface area contributed by atoms with Crippen LogP contribution in [0.25, 0.3) is 0 Å². The van der Waals surface area contributed by atoms with Crippen molar-refractivity contribution in [2.45, 2.75) is 117 Å². The topological polar surface area (TPSA) is 12.0 Å². The highest BCUT2D eigenvalue weighted by Crippen LogP contribution is 2.26. The second kappa shape index (κ2) is 16.0. The largest absolute Gasteiger partial charge is 0.355 e. The Kier molecular flexibility index (Phi) is 13.1. The Bertz CT molecular complexity index is 718. The van der Waals surface area contributed by atoms with Gasteiger partial charge in [0.05, 0.1) is 0 Å². The van der Waals surface area contributed by atoms with E-state index in [2.05, 4.69) is 68.6 Å². The van der Waals surface area contributed by atoms with Gasteiger partial charge in [0.1, 0.15) is 0 Å². The minimum Gasteiger partial charge on any atom is -0.355 e. The monoisotopic (exact) mass is 421 g/mol. The fraction of sp³-hybridized carbons (Fsp3) is 0.600. The molecule has 172 valence electrons. The fourth-order valence-corrected chi connectivity index (χ4v) is 4.35. The summed E-state index contributed by atoms with van der Waals surface area (Å²) in [6.45, 7) is 6.86. The molecule has 0 saturated carbocycles. The van der Waals surface area contributed by atoms with Crippen LogP contribution in [0.5, 0.6) is 0 Å². The predicted molar refractivity (Wildman–Crippen MR) is 140 cm³/mol. The third-order valence-electron chi connectivity index (χ3n) is 6.31. The van der Waals surface area contributed by atoms with Crippen molar-refractivity contribution in [2.75, 3.05) is 5.32 Å². The summed E-state index contributed by atoms with van der Waals surface area (Å²) in [5, 5.41) is 3.76. The quantitative estimate of drug-likeness (QED) is 0.251. The van der Waals surface area contributed by atoms with E-state index in [9.17, 15) is 0 Å². The van der Waals surface area contributed by atoms with Gasteiger partial charge in [0.2, 0.25) is 0 Å². The van der Waals surface area contributed by atoms with Gasteiger partial charge in [0, 0.05) is 11.4 Å². The van der Waals surface area contributed by atoms with Crippen molar-refractivity contribution < 1.29 is 0 Å². The molecule has 0 aliphatic carbocycles. The molecule has 1 nitrogen and oxygen atoms in total. The van der Waals surface area contributed by atoms with Crippen LogP contribution >= 0.6 is 0 Å². The maximum atomic E-state index is 3.76. The molecule has 0 fully saturated rings. The van der Waals surface area contributed by atoms with E-state index in [1.54, 1.807) is 0 Å². The second-order valence-corrected chi connectivity index (χ2v) is 9.25. The Morgan fingerprint density at radius 2 is 1.13 bits per heavy atom. The van der Waals surface area contributed by atoms with Crippen LogP contribution in [0.4, 0.5) is 11.4 Å². The number of aryl methyl sites for hydroxylation is 3. The van der Waals surface area contributed by atoms with E-state index in [0.29, 0.717) is 0 Å². The van der Waals surface area contributed by atoms with Gasteiger partial charge in [-0.2, -0.15) is 0 Å². The van der Waals surface area contributed by atoms with Crippen LogP contribution in [-0.4, -0.2) is 0 Å². The first-order chi connectivity index (χ1) is 15.3. The number of unbranched alkanes of at least 4 members (excludes halogenated alkanes) is 9. The summed E-state index contributed by atoms with van der Waals surface area (Å²) < 4.78 is 0. The standard InChI is InChI=1S/C30H47N/c1-4-7-10-13-17-26-19-16-21-29(25-26)31-30-23-22-27(18-14-11-8-5-2)24-28(30)20-15-12-9-6-3/h16,19,21-25,31H,4-15,17-18,20H2,1-3H3. The average molecular weight is 422 g/mol. The maximum Gasteiger partial charge on any atom is 0.0416 e. The summed E-state index contributed by atoms with van der Waals surface area (Å²) in [6, 6.07) is 16.2. The summed E-state index contributed by atoms with van der Waals surface area (Å²) in [7, 11) is 0. The molecule has 0 bridgehead atoms. The number of nitrogens with one attached hydrogen (secondary N) is 1. The molecule has 0 heterocycles. The van der Waals surface area contributed by atoms with E-state index >= 15 is 0 Å². The summed E-state index contributed by atoms with van der Waals surface area (Å²) in [4.78, 5) is 0. The van der Waals surface area contributed by atoms with Crippen molar-refractivity contribution in [1.29, 1.82) is 0 Å². The molecule has 2 rings (SSSR count). The molecule has 0 spiro atoms. The zero-order valence-electron chi connectivity index (χ0n) is 20.6. The van der Waals surface area contributed by atoms with Crippen molar-refractivity contribution >= 4 is 11.4 Å². The number of benzene rings is 2. The fourth-order valence-electron chi connectivity index (χ4n) is 4.35. The minimum absolute atomic E-state index is 1.18. The highest BCUT2D eigenvalue weighted by molar-refractivity contribution is 5.64. The van der Waals surface area contributed by atoms with E-state index in [0.717, 1.165) is 0 Å². The third kappa shape index (κ3) is 10.4. The van der Waals surface area contributed by atoms with E-state index in [-0.39, 0.29) is 0 Å². The van der Waals surface area contributed by atoms with Gasteiger partial charge < -0.3 is 5.32 Å². The van der Waals surface area contributed by atoms with Crippen LogP contribution in [-0.2, 0) is 19.3 Å². The lowest BCUT2D eigenvalue weighted by atomic mass is 9.98. The van der Waals surface area contributed by atoms with Crippen LogP contribution in [0.15, 0.2) is 42.5 Å². The molecule has 0 radical (unpaired) electrons. The first-order valence-electron chi connectivity index (χ1n) is 13.2. The molecule has 0 atom stereocenters. The summed E-state index contributed by atoms with van der Waals surface area (Å²) in [5.74, 6) is 0. The number of rotatable bonds is 17.